The molecule has 3 rings (SSSR count). The fourth-order valence-electron chi connectivity index (χ4n) is 2.19. The van der Waals surface area contributed by atoms with Crippen LogP contribution >= 0.6 is 0 Å². The molecule has 0 aliphatic carbocycles. The lowest BCUT2D eigenvalue weighted by Crippen LogP contribution is -2.30. The molecule has 0 amide bonds. The van der Waals surface area contributed by atoms with E-state index >= 15 is 0 Å². The van der Waals surface area contributed by atoms with Crippen molar-refractivity contribution >= 4 is 0 Å². The summed E-state index contributed by atoms with van der Waals surface area (Å²) >= 11 is 0. The van der Waals surface area contributed by atoms with E-state index in [0.29, 0.717) is 18.3 Å². The molecule has 0 saturated heterocycles. The maximum atomic E-state index is 5.71. The normalized spacial score (nSPS) is 12.5. The van der Waals surface area contributed by atoms with Crippen molar-refractivity contribution in [3.8, 4) is 11.5 Å². The number of likely N-dealkylation sites (N-methyl/N-ethyl adjacent to an activating group) is 1. The highest BCUT2D eigenvalue weighted by Crippen LogP contribution is 2.17. The molecule has 7 nitrogen and oxygen atoms in total. The van der Waals surface area contributed by atoms with Crippen LogP contribution in [0.25, 0.3) is 11.5 Å². The van der Waals surface area contributed by atoms with E-state index in [9.17, 15) is 0 Å². The van der Waals surface area contributed by atoms with Gasteiger partial charge >= 0.3 is 0 Å². The lowest BCUT2D eigenvalue weighted by molar-refractivity contribution is 0.224. The average Bonchev–Trinajstić information content (AvgIpc) is 3.05. The maximum Gasteiger partial charge on any atom is 0.249 e. The molecule has 0 spiro atoms. The van der Waals surface area contributed by atoms with E-state index in [0.717, 1.165) is 17.7 Å². The summed E-state index contributed by atoms with van der Waals surface area (Å²) in [6.45, 7) is 2.71. The Morgan fingerprint density at radius 2 is 2.00 bits per heavy atom. The predicted octanol–water partition coefficient (Wildman–Crippen LogP) is 1.98. The third-order valence-electron chi connectivity index (χ3n) is 3.63. The largest absolute Gasteiger partial charge is 0.419 e. The van der Waals surface area contributed by atoms with Gasteiger partial charge in [-0.25, -0.2) is 0 Å². The lowest BCUT2D eigenvalue weighted by Gasteiger charge is -2.22. The Bertz CT molecular complexity index is 731. The van der Waals surface area contributed by atoms with Crippen LogP contribution in [0.15, 0.2) is 47.5 Å². The van der Waals surface area contributed by atoms with Gasteiger partial charge in [-0.2, -0.15) is 0 Å². The van der Waals surface area contributed by atoms with Gasteiger partial charge in [0, 0.05) is 43.4 Å². The molecule has 3 aromatic heterocycles. The van der Waals surface area contributed by atoms with Gasteiger partial charge in [0.05, 0.1) is 17.8 Å². The van der Waals surface area contributed by atoms with Crippen molar-refractivity contribution in [2.45, 2.75) is 25.9 Å². The van der Waals surface area contributed by atoms with Crippen molar-refractivity contribution in [2.75, 3.05) is 7.05 Å². The summed E-state index contributed by atoms with van der Waals surface area (Å²) in [7, 11) is 2.02. The van der Waals surface area contributed by atoms with E-state index in [2.05, 4.69) is 37.0 Å². The minimum atomic E-state index is 0.278. The Balaban J connectivity index is 1.62. The molecule has 0 radical (unpaired) electrons. The minimum Gasteiger partial charge on any atom is -0.419 e. The zero-order chi connectivity index (χ0) is 16.1. The Morgan fingerprint density at radius 1 is 1.13 bits per heavy atom. The van der Waals surface area contributed by atoms with Gasteiger partial charge in [-0.05, 0) is 26.1 Å². The van der Waals surface area contributed by atoms with E-state index < -0.39 is 0 Å². The Labute approximate surface area is 134 Å². The second-order valence-electron chi connectivity index (χ2n) is 5.41. The fourth-order valence-corrected chi connectivity index (χ4v) is 2.19. The van der Waals surface area contributed by atoms with E-state index in [1.54, 1.807) is 31.0 Å². The van der Waals surface area contributed by atoms with Gasteiger partial charge < -0.3 is 4.42 Å². The summed E-state index contributed by atoms with van der Waals surface area (Å²) < 4.78 is 5.71. The molecular formula is C16H18N6O. The van der Waals surface area contributed by atoms with Crippen molar-refractivity contribution in [1.29, 1.82) is 0 Å². The van der Waals surface area contributed by atoms with Crippen LogP contribution in [0.1, 0.15) is 18.5 Å². The number of hydrogen-bond acceptors (Lipinski definition) is 7. The molecular weight excluding hydrogens is 292 g/mol. The minimum absolute atomic E-state index is 0.278. The molecule has 0 aliphatic heterocycles. The molecule has 3 aromatic rings. The number of nitrogens with zero attached hydrogens (tertiary/aromatic N) is 6. The molecule has 0 aliphatic rings. The first-order valence-corrected chi connectivity index (χ1v) is 7.40. The standard InChI is InChI=1S/C16H18N6O/c1-12(8-14-10-18-6-7-19-14)22(2)11-15-20-21-16(23-15)13-4-3-5-17-9-13/h3-7,9-10,12H,8,11H2,1-2H3. The van der Waals surface area contributed by atoms with E-state index in [1.807, 2.05) is 19.2 Å². The predicted molar refractivity (Wildman–Crippen MR) is 84.2 cm³/mol. The van der Waals surface area contributed by atoms with Gasteiger partial charge in [0.1, 0.15) is 0 Å². The molecule has 0 saturated carbocycles. The Kier molecular flexibility index (Phi) is 4.68. The van der Waals surface area contributed by atoms with Crippen LogP contribution in [0.5, 0.6) is 0 Å². The number of aromatic nitrogens is 5. The van der Waals surface area contributed by atoms with Crippen LogP contribution in [-0.2, 0) is 13.0 Å². The summed E-state index contributed by atoms with van der Waals surface area (Å²) in [4.78, 5) is 14.6. The zero-order valence-electron chi connectivity index (χ0n) is 13.1. The SMILES string of the molecule is CC(Cc1cnccn1)N(C)Cc1nnc(-c2cccnc2)o1. The molecule has 1 atom stereocenters. The monoisotopic (exact) mass is 310 g/mol. The molecule has 118 valence electrons. The van der Waals surface area contributed by atoms with Crippen LogP contribution in [0.4, 0.5) is 0 Å². The third kappa shape index (κ3) is 3.95. The second-order valence-corrected chi connectivity index (χ2v) is 5.41. The van der Waals surface area contributed by atoms with Gasteiger partial charge in [0.15, 0.2) is 0 Å². The first-order chi connectivity index (χ1) is 11.2. The molecule has 1 unspecified atom stereocenters. The quantitative estimate of drug-likeness (QED) is 0.688. The summed E-state index contributed by atoms with van der Waals surface area (Å²) in [5.74, 6) is 1.07. The number of pyridine rings is 1. The van der Waals surface area contributed by atoms with Crippen molar-refractivity contribution in [3.63, 3.8) is 0 Å². The first-order valence-electron chi connectivity index (χ1n) is 7.40. The van der Waals surface area contributed by atoms with Crippen molar-refractivity contribution in [1.82, 2.24) is 30.0 Å². The van der Waals surface area contributed by atoms with Crippen molar-refractivity contribution in [2.24, 2.45) is 0 Å². The highest BCUT2D eigenvalue weighted by Gasteiger charge is 2.15. The van der Waals surface area contributed by atoms with E-state index in [1.165, 1.54) is 0 Å². The molecule has 23 heavy (non-hydrogen) atoms. The second kappa shape index (κ2) is 7.06. The van der Waals surface area contributed by atoms with Gasteiger partial charge in [-0.3, -0.25) is 19.9 Å². The molecule has 0 fully saturated rings. The van der Waals surface area contributed by atoms with Crippen LogP contribution in [0.2, 0.25) is 0 Å². The van der Waals surface area contributed by atoms with Crippen LogP contribution in [0, 0.1) is 0 Å². The fraction of sp³-hybridized carbons (Fsp3) is 0.312. The first kappa shape index (κ1) is 15.2. The lowest BCUT2D eigenvalue weighted by atomic mass is 10.1. The number of hydrogen-bond donors (Lipinski definition) is 0. The van der Waals surface area contributed by atoms with Crippen molar-refractivity contribution < 1.29 is 4.42 Å². The van der Waals surface area contributed by atoms with Crippen molar-refractivity contribution in [3.05, 3.63) is 54.7 Å². The summed E-state index contributed by atoms with van der Waals surface area (Å²) in [5.41, 5.74) is 1.79. The highest BCUT2D eigenvalue weighted by atomic mass is 16.4. The zero-order valence-corrected chi connectivity index (χ0v) is 13.1. The highest BCUT2D eigenvalue weighted by molar-refractivity contribution is 5.49. The Hall–Kier alpha value is -2.67. The van der Waals surface area contributed by atoms with Gasteiger partial charge in [0.25, 0.3) is 0 Å². The number of rotatable bonds is 6. The average molecular weight is 310 g/mol. The third-order valence-corrected chi connectivity index (χ3v) is 3.63. The molecule has 0 N–H and O–H groups in total. The molecule has 0 bridgehead atoms. The molecule has 3 heterocycles. The van der Waals surface area contributed by atoms with Crippen LogP contribution in [-0.4, -0.2) is 43.1 Å². The molecule has 0 aromatic carbocycles. The van der Waals surface area contributed by atoms with E-state index in [-0.39, 0.29) is 6.04 Å². The smallest absolute Gasteiger partial charge is 0.249 e. The van der Waals surface area contributed by atoms with E-state index in [4.69, 9.17) is 4.42 Å². The Morgan fingerprint density at radius 3 is 2.74 bits per heavy atom. The molecule has 7 heteroatoms. The topological polar surface area (TPSA) is 80.8 Å². The van der Waals surface area contributed by atoms with Crippen LogP contribution in [0.3, 0.4) is 0 Å². The summed E-state index contributed by atoms with van der Waals surface area (Å²) in [6.07, 6.45) is 9.41. The summed E-state index contributed by atoms with van der Waals surface area (Å²) in [6, 6.07) is 4.01. The van der Waals surface area contributed by atoms with Gasteiger partial charge in [-0.15, -0.1) is 10.2 Å². The van der Waals surface area contributed by atoms with Gasteiger partial charge in [0.2, 0.25) is 11.8 Å². The summed E-state index contributed by atoms with van der Waals surface area (Å²) in [5, 5.41) is 8.19. The van der Waals surface area contributed by atoms with Crippen LogP contribution < -0.4 is 0 Å². The van der Waals surface area contributed by atoms with Gasteiger partial charge in [-0.1, -0.05) is 0 Å². The maximum absolute atomic E-state index is 5.71.